The second-order valence-electron chi connectivity index (χ2n) is 7.68. The minimum atomic E-state index is -0.0942. The first-order valence-electron chi connectivity index (χ1n) is 9.90. The predicted molar refractivity (Wildman–Crippen MR) is 112 cm³/mol. The van der Waals surface area contributed by atoms with E-state index < -0.39 is 0 Å². The van der Waals surface area contributed by atoms with Gasteiger partial charge < -0.3 is 4.74 Å². The Morgan fingerprint density at radius 3 is 2.50 bits per heavy atom. The van der Waals surface area contributed by atoms with Crippen LogP contribution in [0.4, 0.5) is 0 Å². The Balaban J connectivity index is 1.36. The Kier molecular flexibility index (Phi) is 6.04. The molecule has 28 heavy (non-hydrogen) atoms. The number of fused-ring (bicyclic) bond motifs is 1. The van der Waals surface area contributed by atoms with E-state index in [2.05, 4.69) is 44.7 Å². The van der Waals surface area contributed by atoms with Gasteiger partial charge in [0.2, 0.25) is 5.75 Å². The lowest BCUT2D eigenvalue weighted by molar-refractivity contribution is 0.187. The highest BCUT2D eigenvalue weighted by atomic mass is 32.2. The number of hydrogen-bond donors (Lipinski definition) is 0. The summed E-state index contributed by atoms with van der Waals surface area (Å²) in [6.07, 6.45) is 5.96. The van der Waals surface area contributed by atoms with E-state index in [0.29, 0.717) is 24.8 Å². The van der Waals surface area contributed by atoms with Crippen LogP contribution in [0.15, 0.2) is 35.3 Å². The van der Waals surface area contributed by atoms with Gasteiger partial charge in [-0.15, -0.1) is 0 Å². The molecule has 2 aliphatic heterocycles. The number of nitrogens with zero attached hydrogens (tertiary/aromatic N) is 4. The van der Waals surface area contributed by atoms with Crippen LogP contribution in [0.5, 0.6) is 5.75 Å². The molecule has 0 atom stereocenters. The van der Waals surface area contributed by atoms with E-state index in [1.54, 1.807) is 29.8 Å². The van der Waals surface area contributed by atoms with Crippen LogP contribution in [0.2, 0.25) is 0 Å². The Labute approximate surface area is 170 Å². The normalized spacial score (nSPS) is 18.4. The molecule has 1 saturated heterocycles. The van der Waals surface area contributed by atoms with Gasteiger partial charge in [0.15, 0.2) is 0 Å². The summed E-state index contributed by atoms with van der Waals surface area (Å²) in [6.45, 7) is 5.23. The zero-order chi connectivity index (χ0) is 19.5. The van der Waals surface area contributed by atoms with Crippen LogP contribution in [-0.4, -0.2) is 44.7 Å². The summed E-state index contributed by atoms with van der Waals surface area (Å²) >= 11 is 1.80. The number of benzene rings is 1. The molecule has 1 aromatic carbocycles. The lowest BCUT2D eigenvalue weighted by Gasteiger charge is -2.29. The van der Waals surface area contributed by atoms with E-state index in [1.165, 1.54) is 11.1 Å². The molecule has 0 spiro atoms. The summed E-state index contributed by atoms with van der Waals surface area (Å²) in [4.78, 5) is 19.6. The van der Waals surface area contributed by atoms with Crippen molar-refractivity contribution in [1.29, 1.82) is 0 Å². The molecular weight excluding hydrogens is 372 g/mol. The van der Waals surface area contributed by atoms with Crippen LogP contribution in [0.1, 0.15) is 29.8 Å². The molecule has 0 radical (unpaired) electrons. The Morgan fingerprint density at radius 2 is 1.86 bits per heavy atom. The summed E-state index contributed by atoms with van der Waals surface area (Å²) in [5.41, 5.74) is 2.63. The van der Waals surface area contributed by atoms with E-state index in [0.717, 1.165) is 44.8 Å². The van der Waals surface area contributed by atoms with Gasteiger partial charge in [0.25, 0.3) is 5.56 Å². The van der Waals surface area contributed by atoms with Crippen molar-refractivity contribution >= 4 is 11.9 Å². The molecule has 0 unspecified atom stereocenters. The predicted octanol–water partition coefficient (Wildman–Crippen LogP) is 2.66. The van der Waals surface area contributed by atoms with Crippen molar-refractivity contribution in [1.82, 2.24) is 18.8 Å². The van der Waals surface area contributed by atoms with Crippen molar-refractivity contribution in [2.24, 2.45) is 13.0 Å². The fraction of sp³-hybridized carbons (Fsp3) is 0.524. The smallest absolute Gasteiger partial charge is 0.295 e. The highest BCUT2D eigenvalue weighted by Gasteiger charge is 2.22. The standard InChI is InChI=1S/C21H28N4O2S/c1-23-20(14-24-12-17-5-3-4-6-18(17)13-24)22-11-19(21(23)26)27-15-16-7-9-25(28-2)10-8-16/h3-6,11,16H,7-10,12-15H2,1-2H3. The van der Waals surface area contributed by atoms with Gasteiger partial charge in [-0.05, 0) is 36.1 Å². The third-order valence-corrected chi connectivity index (χ3v) is 6.69. The first-order chi connectivity index (χ1) is 13.6. The van der Waals surface area contributed by atoms with Crippen LogP contribution < -0.4 is 10.3 Å². The van der Waals surface area contributed by atoms with E-state index >= 15 is 0 Å². The first kappa shape index (κ1) is 19.5. The molecule has 0 aliphatic carbocycles. The fourth-order valence-electron chi connectivity index (χ4n) is 3.99. The molecule has 7 heteroatoms. The SMILES string of the molecule is CSN1CCC(COc2cnc(CN3Cc4ccccc4C3)n(C)c2=O)CC1. The highest BCUT2D eigenvalue weighted by molar-refractivity contribution is 7.96. The Morgan fingerprint density at radius 1 is 1.18 bits per heavy atom. The molecule has 1 aromatic heterocycles. The number of rotatable bonds is 6. The molecule has 1 fully saturated rings. The largest absolute Gasteiger partial charge is 0.486 e. The van der Waals surface area contributed by atoms with Crippen LogP contribution >= 0.6 is 11.9 Å². The van der Waals surface area contributed by atoms with Crippen LogP contribution in [0.25, 0.3) is 0 Å². The molecule has 0 saturated carbocycles. The van der Waals surface area contributed by atoms with Crippen molar-refractivity contribution in [3.8, 4) is 5.75 Å². The lowest BCUT2D eigenvalue weighted by Crippen LogP contribution is -2.32. The molecule has 4 rings (SSSR count). The number of piperidine rings is 1. The van der Waals surface area contributed by atoms with E-state index in [-0.39, 0.29) is 5.56 Å². The van der Waals surface area contributed by atoms with Gasteiger partial charge in [-0.2, -0.15) is 0 Å². The Bertz CT molecular complexity index is 852. The number of hydrogen-bond acceptors (Lipinski definition) is 6. The van der Waals surface area contributed by atoms with E-state index in [1.807, 2.05) is 0 Å². The second-order valence-corrected chi connectivity index (χ2v) is 8.56. The van der Waals surface area contributed by atoms with Gasteiger partial charge in [-0.25, -0.2) is 4.98 Å². The minimum Gasteiger partial charge on any atom is -0.486 e. The van der Waals surface area contributed by atoms with Gasteiger partial charge in [0.1, 0.15) is 5.82 Å². The minimum absolute atomic E-state index is 0.0942. The molecule has 0 bridgehead atoms. The van der Waals surface area contributed by atoms with Gasteiger partial charge in [0.05, 0.1) is 19.3 Å². The molecule has 0 N–H and O–H groups in total. The maximum atomic E-state index is 12.7. The maximum Gasteiger partial charge on any atom is 0.295 e. The van der Waals surface area contributed by atoms with Crippen molar-refractivity contribution in [3.05, 3.63) is 57.8 Å². The van der Waals surface area contributed by atoms with Gasteiger partial charge in [0, 0.05) is 33.2 Å². The topological polar surface area (TPSA) is 50.6 Å². The zero-order valence-corrected chi connectivity index (χ0v) is 17.5. The molecule has 0 amide bonds. The first-order valence-corrected chi connectivity index (χ1v) is 11.1. The summed E-state index contributed by atoms with van der Waals surface area (Å²) in [6, 6.07) is 8.49. The van der Waals surface area contributed by atoms with Crippen molar-refractivity contribution in [2.75, 3.05) is 26.0 Å². The lowest BCUT2D eigenvalue weighted by atomic mass is 9.99. The third-order valence-electron chi connectivity index (χ3n) is 5.81. The highest BCUT2D eigenvalue weighted by Crippen LogP contribution is 2.24. The maximum absolute atomic E-state index is 12.7. The number of aromatic nitrogens is 2. The fourth-order valence-corrected chi connectivity index (χ4v) is 4.56. The molecule has 6 nitrogen and oxygen atoms in total. The molecule has 2 aromatic rings. The monoisotopic (exact) mass is 400 g/mol. The Hall–Kier alpha value is -1.83. The second kappa shape index (κ2) is 8.68. The van der Waals surface area contributed by atoms with Crippen LogP contribution in [0.3, 0.4) is 0 Å². The van der Waals surface area contributed by atoms with E-state index in [4.69, 9.17) is 4.74 Å². The summed E-state index contributed by atoms with van der Waals surface area (Å²) in [5, 5.41) is 0. The van der Waals surface area contributed by atoms with Crippen molar-refractivity contribution in [3.63, 3.8) is 0 Å². The molecule has 2 aliphatic rings. The summed E-state index contributed by atoms with van der Waals surface area (Å²) in [7, 11) is 1.79. The van der Waals surface area contributed by atoms with E-state index in [9.17, 15) is 4.79 Å². The molecular formula is C21H28N4O2S. The van der Waals surface area contributed by atoms with Gasteiger partial charge in [-0.1, -0.05) is 36.2 Å². The average Bonchev–Trinajstić information content (AvgIpc) is 3.14. The summed E-state index contributed by atoms with van der Waals surface area (Å²) < 4.78 is 9.88. The van der Waals surface area contributed by atoms with Crippen LogP contribution in [0, 0.1) is 5.92 Å². The van der Waals surface area contributed by atoms with Crippen molar-refractivity contribution in [2.45, 2.75) is 32.5 Å². The zero-order valence-electron chi connectivity index (χ0n) is 16.6. The van der Waals surface area contributed by atoms with Gasteiger partial charge >= 0.3 is 0 Å². The third kappa shape index (κ3) is 4.26. The quantitative estimate of drug-likeness (QED) is 0.695. The average molecular weight is 401 g/mol. The molecule has 3 heterocycles. The van der Waals surface area contributed by atoms with Crippen LogP contribution in [-0.2, 0) is 26.7 Å². The molecule has 150 valence electrons. The van der Waals surface area contributed by atoms with Crippen molar-refractivity contribution < 1.29 is 4.74 Å². The van der Waals surface area contributed by atoms with Gasteiger partial charge in [-0.3, -0.25) is 18.6 Å². The summed E-state index contributed by atoms with van der Waals surface area (Å²) in [5.74, 6) is 1.65. The number of ether oxygens (including phenoxy) is 1.